The number of amides is 1. The van der Waals surface area contributed by atoms with Crippen LogP contribution in [0.5, 0.6) is 0 Å². The van der Waals surface area contributed by atoms with Gasteiger partial charge in [0.1, 0.15) is 15.0 Å². The number of nitrogens with two attached hydrogens (primary N) is 1. The van der Waals surface area contributed by atoms with Gasteiger partial charge in [-0.3, -0.25) is 14.9 Å². The van der Waals surface area contributed by atoms with Gasteiger partial charge in [-0.15, -0.1) is 0 Å². The van der Waals surface area contributed by atoms with E-state index in [1.165, 1.54) is 22.6 Å². The lowest BCUT2D eigenvalue weighted by Gasteiger charge is -2.04. The number of alkyl halides is 2. The standard InChI is InChI=1S/C7H4F2IN3O3/c8-6(9)5-4(10)3(13(15)16)1-2(12-5)7(11)14/h1,6H,(H2,11,14). The van der Waals surface area contributed by atoms with Gasteiger partial charge in [-0.2, -0.15) is 0 Å². The van der Waals surface area contributed by atoms with Gasteiger partial charge < -0.3 is 5.73 Å². The largest absolute Gasteiger partial charge is 0.364 e. The van der Waals surface area contributed by atoms with Gasteiger partial charge in [0.15, 0.2) is 0 Å². The van der Waals surface area contributed by atoms with Crippen LogP contribution in [0.1, 0.15) is 22.6 Å². The highest BCUT2D eigenvalue weighted by atomic mass is 127. The van der Waals surface area contributed by atoms with Crippen molar-refractivity contribution in [2.75, 3.05) is 0 Å². The Morgan fingerprint density at radius 1 is 1.62 bits per heavy atom. The first kappa shape index (κ1) is 12.7. The quantitative estimate of drug-likeness (QED) is 0.512. The minimum absolute atomic E-state index is 0.303. The molecule has 0 saturated carbocycles. The van der Waals surface area contributed by atoms with Crippen molar-refractivity contribution in [2.24, 2.45) is 5.73 Å². The summed E-state index contributed by atoms with van der Waals surface area (Å²) in [6.45, 7) is 0. The Bertz CT molecular complexity index is 466. The average molecular weight is 343 g/mol. The lowest BCUT2D eigenvalue weighted by atomic mass is 10.2. The van der Waals surface area contributed by atoms with Crippen LogP contribution in [-0.4, -0.2) is 15.8 Å². The third-order valence-electron chi connectivity index (χ3n) is 1.62. The van der Waals surface area contributed by atoms with E-state index in [1.807, 2.05) is 0 Å². The summed E-state index contributed by atoms with van der Waals surface area (Å²) in [5, 5.41) is 10.5. The highest BCUT2D eigenvalue weighted by Crippen LogP contribution is 2.30. The summed E-state index contributed by atoms with van der Waals surface area (Å²) < 4.78 is 24.6. The topological polar surface area (TPSA) is 99.1 Å². The summed E-state index contributed by atoms with van der Waals surface area (Å²) in [5.74, 6) is -1.10. The molecule has 9 heteroatoms. The molecule has 0 spiro atoms. The van der Waals surface area contributed by atoms with Crippen molar-refractivity contribution in [1.82, 2.24) is 4.98 Å². The molecule has 16 heavy (non-hydrogen) atoms. The summed E-state index contributed by atoms with van der Waals surface area (Å²) >= 11 is 1.38. The van der Waals surface area contributed by atoms with E-state index in [1.54, 1.807) is 0 Å². The Morgan fingerprint density at radius 2 is 2.19 bits per heavy atom. The van der Waals surface area contributed by atoms with Crippen LogP contribution in [0.15, 0.2) is 6.07 Å². The molecule has 0 bridgehead atoms. The number of primary amides is 1. The van der Waals surface area contributed by atoms with Gasteiger partial charge in [-0.1, -0.05) is 0 Å². The molecule has 1 aromatic rings. The molecule has 0 aliphatic heterocycles. The summed E-state index contributed by atoms with van der Waals surface area (Å²) in [4.78, 5) is 23.7. The summed E-state index contributed by atoms with van der Waals surface area (Å²) in [5.41, 5.74) is 2.85. The number of rotatable bonds is 3. The van der Waals surface area contributed by atoms with Crippen LogP contribution >= 0.6 is 22.6 Å². The van der Waals surface area contributed by atoms with Crippen molar-refractivity contribution in [1.29, 1.82) is 0 Å². The Balaban J connectivity index is 3.51. The molecule has 0 unspecified atom stereocenters. The zero-order valence-corrected chi connectivity index (χ0v) is 9.64. The fourth-order valence-corrected chi connectivity index (χ4v) is 1.65. The number of hydrogen-bond donors (Lipinski definition) is 1. The average Bonchev–Trinajstić information content (AvgIpc) is 2.16. The molecule has 0 aliphatic carbocycles. The normalized spacial score (nSPS) is 10.5. The molecule has 0 aromatic carbocycles. The van der Waals surface area contributed by atoms with Gasteiger partial charge in [0.05, 0.1) is 4.92 Å². The second-order valence-electron chi connectivity index (χ2n) is 2.65. The maximum absolute atomic E-state index is 12.5. The van der Waals surface area contributed by atoms with Crippen molar-refractivity contribution in [3.8, 4) is 0 Å². The van der Waals surface area contributed by atoms with E-state index >= 15 is 0 Å². The van der Waals surface area contributed by atoms with Crippen molar-refractivity contribution in [3.05, 3.63) is 31.1 Å². The first-order valence-electron chi connectivity index (χ1n) is 3.77. The van der Waals surface area contributed by atoms with Crippen molar-refractivity contribution in [2.45, 2.75) is 6.43 Å². The van der Waals surface area contributed by atoms with E-state index in [0.29, 0.717) is 0 Å². The second-order valence-corrected chi connectivity index (χ2v) is 3.73. The molecule has 0 atom stereocenters. The number of hydrogen-bond acceptors (Lipinski definition) is 4. The number of nitrogens with zero attached hydrogens (tertiary/aromatic N) is 2. The molecule has 0 aliphatic rings. The van der Waals surface area contributed by atoms with Crippen LogP contribution in [-0.2, 0) is 0 Å². The molecule has 6 nitrogen and oxygen atoms in total. The molecular weight excluding hydrogens is 339 g/mol. The number of pyridine rings is 1. The predicted octanol–water partition coefficient (Wildman–Crippen LogP) is 1.63. The lowest BCUT2D eigenvalue weighted by molar-refractivity contribution is -0.386. The van der Waals surface area contributed by atoms with Gasteiger partial charge in [0.25, 0.3) is 18.0 Å². The summed E-state index contributed by atoms with van der Waals surface area (Å²) in [6.07, 6.45) is -3.01. The SMILES string of the molecule is NC(=O)c1cc([N+](=O)[O-])c(I)c(C(F)F)n1. The third kappa shape index (κ3) is 2.40. The lowest BCUT2D eigenvalue weighted by Crippen LogP contribution is -2.15. The maximum atomic E-state index is 12.5. The highest BCUT2D eigenvalue weighted by Gasteiger charge is 2.25. The zero-order chi connectivity index (χ0) is 12.5. The second kappa shape index (κ2) is 4.63. The highest BCUT2D eigenvalue weighted by molar-refractivity contribution is 14.1. The fraction of sp³-hybridized carbons (Fsp3) is 0.143. The third-order valence-corrected chi connectivity index (χ3v) is 2.73. The Morgan fingerprint density at radius 3 is 2.56 bits per heavy atom. The molecule has 86 valence electrons. The van der Waals surface area contributed by atoms with Gasteiger partial charge in [-0.05, 0) is 22.6 Å². The van der Waals surface area contributed by atoms with Crippen LogP contribution < -0.4 is 5.73 Å². The van der Waals surface area contributed by atoms with Crippen molar-refractivity contribution < 1.29 is 18.5 Å². The number of nitro groups is 1. The van der Waals surface area contributed by atoms with Crippen LogP contribution in [0, 0.1) is 13.7 Å². The van der Waals surface area contributed by atoms with Crippen LogP contribution in [0.3, 0.4) is 0 Å². The molecule has 1 heterocycles. The van der Waals surface area contributed by atoms with Gasteiger partial charge in [0, 0.05) is 6.07 Å². The molecule has 1 rings (SSSR count). The van der Waals surface area contributed by atoms with Gasteiger partial charge in [-0.25, -0.2) is 13.8 Å². The molecule has 2 N–H and O–H groups in total. The monoisotopic (exact) mass is 343 g/mol. The molecule has 1 amide bonds. The van der Waals surface area contributed by atoms with Crippen LogP contribution in [0.2, 0.25) is 0 Å². The molecular formula is C7H4F2IN3O3. The summed E-state index contributed by atoms with van der Waals surface area (Å²) in [7, 11) is 0. The van der Waals surface area contributed by atoms with E-state index < -0.39 is 34.3 Å². The minimum atomic E-state index is -3.01. The Hall–Kier alpha value is -1.39. The molecule has 0 radical (unpaired) electrons. The van der Waals surface area contributed by atoms with E-state index in [2.05, 4.69) is 4.98 Å². The predicted molar refractivity (Wildman–Crippen MR) is 57.1 cm³/mol. The zero-order valence-electron chi connectivity index (χ0n) is 7.49. The van der Waals surface area contributed by atoms with Crippen LogP contribution in [0.4, 0.5) is 14.5 Å². The van der Waals surface area contributed by atoms with Crippen molar-refractivity contribution in [3.63, 3.8) is 0 Å². The molecule has 0 saturated heterocycles. The molecule has 0 fully saturated rings. The van der Waals surface area contributed by atoms with Crippen LogP contribution in [0.25, 0.3) is 0 Å². The van der Waals surface area contributed by atoms with E-state index in [0.717, 1.165) is 6.07 Å². The Labute approximate surface area is 101 Å². The van der Waals surface area contributed by atoms with Gasteiger partial charge in [0.2, 0.25) is 0 Å². The summed E-state index contributed by atoms with van der Waals surface area (Å²) in [6, 6.07) is 0.774. The fourth-order valence-electron chi connectivity index (χ4n) is 0.939. The minimum Gasteiger partial charge on any atom is -0.364 e. The van der Waals surface area contributed by atoms with E-state index in [4.69, 9.17) is 5.73 Å². The van der Waals surface area contributed by atoms with E-state index in [-0.39, 0.29) is 3.57 Å². The maximum Gasteiger partial charge on any atom is 0.287 e. The smallest absolute Gasteiger partial charge is 0.287 e. The number of carbonyl (C=O) groups is 1. The first-order chi connectivity index (χ1) is 7.34. The number of aromatic nitrogens is 1. The van der Waals surface area contributed by atoms with Gasteiger partial charge >= 0.3 is 0 Å². The molecule has 1 aromatic heterocycles. The number of halogens is 3. The van der Waals surface area contributed by atoms with Crippen molar-refractivity contribution >= 4 is 34.2 Å². The van der Waals surface area contributed by atoms with E-state index in [9.17, 15) is 23.7 Å². The number of carbonyl (C=O) groups excluding carboxylic acids is 1. The first-order valence-corrected chi connectivity index (χ1v) is 4.85. The Kier molecular flexibility index (Phi) is 3.67.